The smallest absolute Gasteiger partial charge is 0.331 e. The molecule has 3 nitrogen and oxygen atoms in total. The van der Waals surface area contributed by atoms with Crippen molar-refractivity contribution in [1.82, 2.24) is 0 Å². The normalized spacial score (nSPS) is 11.3. The van der Waals surface area contributed by atoms with Crippen LogP contribution in [0.2, 0.25) is 0 Å². The van der Waals surface area contributed by atoms with Crippen LogP contribution in [0.5, 0.6) is 0 Å². The van der Waals surface area contributed by atoms with Crippen LogP contribution < -0.4 is 0 Å². The van der Waals surface area contributed by atoms with Gasteiger partial charge in [0.25, 0.3) is 0 Å². The maximum Gasteiger partial charge on any atom is 0.331 e. The summed E-state index contributed by atoms with van der Waals surface area (Å²) in [5.41, 5.74) is 0. The highest BCUT2D eigenvalue weighted by Crippen LogP contribution is 1.94. The van der Waals surface area contributed by atoms with Crippen LogP contribution in [0.3, 0.4) is 0 Å². The van der Waals surface area contributed by atoms with Crippen LogP contribution in [-0.4, -0.2) is 18.9 Å². The molecule has 0 fully saturated rings. The molecule has 0 aromatic rings. The summed E-state index contributed by atoms with van der Waals surface area (Å²) in [7, 11) is 0. The molecule has 0 unspecified atom stereocenters. The molecule has 0 aliphatic rings. The molecule has 17 heavy (non-hydrogen) atoms. The maximum absolute atomic E-state index is 11.0. The van der Waals surface area contributed by atoms with Crippen LogP contribution in [-0.2, 0) is 14.3 Å². The lowest BCUT2D eigenvalue weighted by molar-refractivity contribution is -0.136. The Labute approximate surface area is 102 Å². The summed E-state index contributed by atoms with van der Waals surface area (Å²) >= 11 is 0. The number of hydrogen-bond donors (Lipinski definition) is 0. The Morgan fingerprint density at radius 1 is 1.12 bits per heavy atom. The van der Waals surface area contributed by atoms with E-state index in [-0.39, 0.29) is 12.6 Å². The minimum Gasteiger partial charge on any atom is -0.458 e. The summed E-state index contributed by atoms with van der Waals surface area (Å²) in [6, 6.07) is 0. The number of ether oxygens (including phenoxy) is 1. The van der Waals surface area contributed by atoms with Crippen molar-refractivity contribution in [3.05, 3.63) is 49.1 Å². The first-order chi connectivity index (χ1) is 8.31. The van der Waals surface area contributed by atoms with Gasteiger partial charge in [0, 0.05) is 12.5 Å². The first-order valence-corrected chi connectivity index (χ1v) is 5.52. The summed E-state index contributed by atoms with van der Waals surface area (Å²) in [4.78, 5) is 21.0. The Kier molecular flexibility index (Phi) is 10.8. The number of unbranched alkanes of at least 4 members (excludes halogenated alkanes) is 2. The standard InChI is InChI=1S/C14H18O3/c1-2-13-17-14(16)11-9-7-5-3-4-6-8-10-12-15/h2-5,7,9,11-12H,1,6,8,10,13H2/b4-3+,7-5+,11-9-. The third-order valence-electron chi connectivity index (χ3n) is 1.74. The number of carbonyl (C=O) groups is 2. The molecule has 0 spiro atoms. The Balaban J connectivity index is 3.64. The van der Waals surface area contributed by atoms with Crippen LogP contribution in [0.15, 0.2) is 49.1 Å². The van der Waals surface area contributed by atoms with Crippen molar-refractivity contribution < 1.29 is 14.3 Å². The fourth-order valence-electron chi connectivity index (χ4n) is 0.945. The van der Waals surface area contributed by atoms with Crippen molar-refractivity contribution in [2.24, 2.45) is 0 Å². The van der Waals surface area contributed by atoms with Crippen LogP contribution in [0.25, 0.3) is 0 Å². The molecule has 3 heteroatoms. The first kappa shape index (κ1) is 15.1. The Bertz CT molecular complexity index is 311. The summed E-state index contributed by atoms with van der Waals surface area (Å²) in [6.07, 6.45) is 15.2. The van der Waals surface area contributed by atoms with Crippen LogP contribution in [0.1, 0.15) is 19.3 Å². The lowest BCUT2D eigenvalue weighted by Gasteiger charge is -1.93. The van der Waals surface area contributed by atoms with Gasteiger partial charge in [-0.05, 0) is 12.8 Å². The van der Waals surface area contributed by atoms with Crippen molar-refractivity contribution in [3.63, 3.8) is 0 Å². The minimum absolute atomic E-state index is 0.226. The molecular weight excluding hydrogens is 216 g/mol. The number of aldehydes is 1. The molecule has 0 aliphatic heterocycles. The summed E-state index contributed by atoms with van der Waals surface area (Å²) in [5, 5.41) is 0. The minimum atomic E-state index is -0.385. The maximum atomic E-state index is 11.0. The second-order valence-corrected chi connectivity index (χ2v) is 3.19. The van der Waals surface area contributed by atoms with Gasteiger partial charge in [-0.15, -0.1) is 0 Å². The number of hydrogen-bond acceptors (Lipinski definition) is 3. The zero-order valence-corrected chi connectivity index (χ0v) is 9.88. The number of rotatable bonds is 9. The van der Waals surface area contributed by atoms with Gasteiger partial charge in [0.2, 0.25) is 0 Å². The summed E-state index contributed by atoms with van der Waals surface area (Å²) in [5.74, 6) is -0.385. The molecule has 0 saturated heterocycles. The van der Waals surface area contributed by atoms with Gasteiger partial charge >= 0.3 is 5.97 Å². The molecule has 0 aromatic heterocycles. The van der Waals surface area contributed by atoms with Gasteiger partial charge in [0.1, 0.15) is 12.9 Å². The lowest BCUT2D eigenvalue weighted by atomic mass is 10.2. The van der Waals surface area contributed by atoms with E-state index in [4.69, 9.17) is 4.74 Å². The molecule has 0 aliphatic carbocycles. The van der Waals surface area contributed by atoms with E-state index in [0.29, 0.717) is 6.42 Å². The van der Waals surface area contributed by atoms with Gasteiger partial charge in [-0.1, -0.05) is 43.0 Å². The number of esters is 1. The first-order valence-electron chi connectivity index (χ1n) is 5.52. The van der Waals surface area contributed by atoms with Gasteiger partial charge in [0.15, 0.2) is 0 Å². The Morgan fingerprint density at radius 2 is 1.88 bits per heavy atom. The van der Waals surface area contributed by atoms with E-state index >= 15 is 0 Å². The van der Waals surface area contributed by atoms with Crippen LogP contribution in [0.4, 0.5) is 0 Å². The third-order valence-corrected chi connectivity index (χ3v) is 1.74. The molecular formula is C14H18O3. The zero-order chi connectivity index (χ0) is 12.8. The van der Waals surface area contributed by atoms with E-state index in [9.17, 15) is 9.59 Å². The number of carbonyl (C=O) groups excluding carboxylic acids is 2. The van der Waals surface area contributed by atoms with Crippen molar-refractivity contribution in [2.45, 2.75) is 19.3 Å². The van der Waals surface area contributed by atoms with Gasteiger partial charge in [-0.25, -0.2) is 4.79 Å². The molecule has 0 rings (SSSR count). The molecule has 0 N–H and O–H groups in total. The molecule has 0 amide bonds. The number of allylic oxidation sites excluding steroid dienone is 5. The van der Waals surface area contributed by atoms with Crippen LogP contribution >= 0.6 is 0 Å². The predicted molar refractivity (Wildman–Crippen MR) is 68.5 cm³/mol. The van der Waals surface area contributed by atoms with Gasteiger partial charge in [-0.3, -0.25) is 0 Å². The SMILES string of the molecule is C=CCOC(=O)\C=C/C=C/C=C/CCCC=O. The molecule has 0 atom stereocenters. The average Bonchev–Trinajstić information content (AvgIpc) is 2.34. The lowest BCUT2D eigenvalue weighted by Crippen LogP contribution is -1.99. The monoisotopic (exact) mass is 234 g/mol. The molecule has 0 bridgehead atoms. The zero-order valence-electron chi connectivity index (χ0n) is 9.88. The molecule has 0 heterocycles. The van der Waals surface area contributed by atoms with Crippen molar-refractivity contribution >= 4 is 12.3 Å². The van der Waals surface area contributed by atoms with E-state index in [1.54, 1.807) is 12.2 Å². The fraction of sp³-hybridized carbons (Fsp3) is 0.286. The van der Waals surface area contributed by atoms with E-state index in [1.807, 2.05) is 18.2 Å². The van der Waals surface area contributed by atoms with Gasteiger partial charge < -0.3 is 9.53 Å². The Morgan fingerprint density at radius 3 is 2.59 bits per heavy atom. The highest BCUT2D eigenvalue weighted by atomic mass is 16.5. The van der Waals surface area contributed by atoms with Crippen LogP contribution in [0, 0.1) is 0 Å². The van der Waals surface area contributed by atoms with E-state index in [1.165, 1.54) is 12.2 Å². The molecule has 0 aromatic carbocycles. The topological polar surface area (TPSA) is 43.4 Å². The van der Waals surface area contributed by atoms with Crippen molar-refractivity contribution in [2.75, 3.05) is 6.61 Å². The summed E-state index contributed by atoms with van der Waals surface area (Å²) < 4.78 is 4.73. The second kappa shape index (κ2) is 12.2. The largest absolute Gasteiger partial charge is 0.458 e. The average molecular weight is 234 g/mol. The quantitative estimate of drug-likeness (QED) is 0.154. The summed E-state index contributed by atoms with van der Waals surface area (Å²) in [6.45, 7) is 3.66. The third kappa shape index (κ3) is 12.0. The van der Waals surface area contributed by atoms with E-state index in [0.717, 1.165) is 19.1 Å². The molecule has 0 saturated carbocycles. The van der Waals surface area contributed by atoms with Gasteiger partial charge in [0.05, 0.1) is 0 Å². The Hall–Kier alpha value is -1.90. The fourth-order valence-corrected chi connectivity index (χ4v) is 0.945. The van der Waals surface area contributed by atoms with Crippen molar-refractivity contribution in [3.8, 4) is 0 Å². The second-order valence-electron chi connectivity index (χ2n) is 3.19. The molecule has 92 valence electrons. The van der Waals surface area contributed by atoms with Crippen molar-refractivity contribution in [1.29, 1.82) is 0 Å². The van der Waals surface area contributed by atoms with E-state index in [2.05, 4.69) is 6.58 Å². The predicted octanol–water partition coefficient (Wildman–Crippen LogP) is 2.75. The highest BCUT2D eigenvalue weighted by Gasteiger charge is 1.90. The molecule has 0 radical (unpaired) electrons. The van der Waals surface area contributed by atoms with Gasteiger partial charge in [-0.2, -0.15) is 0 Å². The highest BCUT2D eigenvalue weighted by molar-refractivity contribution is 5.82. The van der Waals surface area contributed by atoms with E-state index < -0.39 is 0 Å².